The normalized spacial score (nSPS) is 14.2. The number of hydrogen-bond acceptors (Lipinski definition) is 7. The molecule has 1 fully saturated rings. The van der Waals surface area contributed by atoms with Crippen molar-refractivity contribution in [1.82, 2.24) is 29.6 Å². The number of anilines is 1. The lowest BCUT2D eigenvalue weighted by atomic mass is 10.2. The van der Waals surface area contributed by atoms with E-state index >= 15 is 0 Å². The molecule has 3 heterocycles. The Bertz CT molecular complexity index is 952. The maximum atomic E-state index is 12.4. The zero-order valence-corrected chi connectivity index (χ0v) is 16.3. The third-order valence-electron chi connectivity index (χ3n) is 4.89. The fourth-order valence-corrected chi connectivity index (χ4v) is 3.21. The molecule has 0 saturated carbocycles. The van der Waals surface area contributed by atoms with E-state index in [-0.39, 0.29) is 19.1 Å². The Kier molecular flexibility index (Phi) is 5.76. The number of hydrogen-bond donors (Lipinski definition) is 0. The van der Waals surface area contributed by atoms with Crippen molar-refractivity contribution >= 4 is 11.7 Å². The van der Waals surface area contributed by atoms with Crippen molar-refractivity contribution in [2.75, 3.05) is 37.7 Å². The Morgan fingerprint density at radius 2 is 1.86 bits per heavy atom. The average molecular weight is 393 g/mol. The van der Waals surface area contributed by atoms with Crippen LogP contribution in [0.5, 0.6) is 0 Å². The number of benzene rings is 1. The molecule has 3 aromatic rings. The summed E-state index contributed by atoms with van der Waals surface area (Å²) in [6.07, 6.45) is 3.25. The maximum absolute atomic E-state index is 12.4. The number of nitrogens with zero attached hydrogens (tertiary/aromatic N) is 7. The minimum atomic E-state index is -0.0144. The van der Waals surface area contributed by atoms with E-state index in [9.17, 15) is 4.79 Å². The summed E-state index contributed by atoms with van der Waals surface area (Å²) in [4.78, 5) is 29.6. The Labute approximate surface area is 169 Å². The first-order valence-electron chi connectivity index (χ1n) is 9.52. The van der Waals surface area contributed by atoms with Crippen LogP contribution in [-0.2, 0) is 23.2 Å². The largest absolute Gasteiger partial charge is 0.364 e. The molecule has 150 valence electrons. The molecule has 0 N–H and O–H groups in total. The summed E-state index contributed by atoms with van der Waals surface area (Å²) in [7, 11) is 1.79. The van der Waals surface area contributed by atoms with Gasteiger partial charge in [-0.15, -0.1) is 0 Å². The summed E-state index contributed by atoms with van der Waals surface area (Å²) >= 11 is 0. The molecule has 29 heavy (non-hydrogen) atoms. The molecule has 0 bridgehead atoms. The minimum absolute atomic E-state index is 0.0144. The van der Waals surface area contributed by atoms with Gasteiger partial charge in [0, 0.05) is 45.0 Å². The van der Waals surface area contributed by atoms with E-state index in [0.717, 1.165) is 24.5 Å². The van der Waals surface area contributed by atoms with Gasteiger partial charge < -0.3 is 14.5 Å². The highest BCUT2D eigenvalue weighted by Gasteiger charge is 2.22. The second-order valence-electron chi connectivity index (χ2n) is 6.76. The molecule has 1 aromatic carbocycles. The third-order valence-corrected chi connectivity index (χ3v) is 4.89. The van der Waals surface area contributed by atoms with E-state index in [1.807, 2.05) is 41.3 Å². The van der Waals surface area contributed by atoms with Crippen molar-refractivity contribution < 1.29 is 9.53 Å². The van der Waals surface area contributed by atoms with Gasteiger partial charge in [0.15, 0.2) is 11.6 Å². The van der Waals surface area contributed by atoms with Crippen LogP contribution in [-0.4, -0.2) is 68.3 Å². The summed E-state index contributed by atoms with van der Waals surface area (Å²) in [5, 5.41) is 3.98. The molecule has 9 heteroatoms. The molecule has 0 unspecified atom stereocenters. The van der Waals surface area contributed by atoms with Crippen molar-refractivity contribution in [3.8, 4) is 11.4 Å². The lowest BCUT2D eigenvalue weighted by Crippen LogP contribution is -2.50. The molecular formula is C20H23N7O2. The number of ether oxygens (including phenoxy) is 1. The van der Waals surface area contributed by atoms with Crippen LogP contribution < -0.4 is 4.90 Å². The summed E-state index contributed by atoms with van der Waals surface area (Å²) in [6, 6.07) is 11.8. The average Bonchev–Trinajstić information content (AvgIpc) is 3.19. The first kappa shape index (κ1) is 19.0. The zero-order chi connectivity index (χ0) is 20.1. The molecule has 2 aromatic heterocycles. The van der Waals surface area contributed by atoms with E-state index < -0.39 is 0 Å². The summed E-state index contributed by atoms with van der Waals surface area (Å²) in [5.74, 6) is 2.27. The highest BCUT2D eigenvalue weighted by atomic mass is 16.5. The lowest BCUT2D eigenvalue weighted by molar-refractivity contribution is -0.137. The fraction of sp³-hybridized carbons (Fsp3) is 0.350. The van der Waals surface area contributed by atoms with Gasteiger partial charge in [0.25, 0.3) is 0 Å². The van der Waals surface area contributed by atoms with E-state index in [0.29, 0.717) is 24.7 Å². The molecule has 1 amide bonds. The quantitative estimate of drug-likeness (QED) is 0.620. The van der Waals surface area contributed by atoms with Crippen LogP contribution in [0.25, 0.3) is 11.4 Å². The third kappa shape index (κ3) is 4.57. The van der Waals surface area contributed by atoms with Crippen LogP contribution in [0.3, 0.4) is 0 Å². The number of rotatable bonds is 6. The van der Waals surface area contributed by atoms with Gasteiger partial charge in [0.1, 0.15) is 25.4 Å². The van der Waals surface area contributed by atoms with Crippen molar-refractivity contribution in [3.63, 3.8) is 0 Å². The van der Waals surface area contributed by atoms with Crippen LogP contribution >= 0.6 is 0 Å². The van der Waals surface area contributed by atoms with Gasteiger partial charge in [-0.05, 0) is 6.07 Å². The molecule has 4 rings (SSSR count). The van der Waals surface area contributed by atoms with Crippen molar-refractivity contribution in [1.29, 1.82) is 0 Å². The van der Waals surface area contributed by atoms with E-state index in [4.69, 9.17) is 9.72 Å². The standard InChI is InChI=1S/C20H23N7O2/c1-25-18(22-15-23-25)13-29-14-19(28)27-11-9-26(10-12-27)17-7-8-21-20(24-17)16-5-3-2-4-6-16/h2-8,15H,9-14H2,1H3. The van der Waals surface area contributed by atoms with E-state index in [2.05, 4.69) is 20.0 Å². The topological polar surface area (TPSA) is 89.3 Å². The Balaban J connectivity index is 1.29. The second-order valence-corrected chi connectivity index (χ2v) is 6.76. The molecule has 0 radical (unpaired) electrons. The van der Waals surface area contributed by atoms with Gasteiger partial charge in [0.05, 0.1) is 0 Å². The second kappa shape index (κ2) is 8.78. The van der Waals surface area contributed by atoms with Crippen LogP contribution in [0.1, 0.15) is 5.82 Å². The van der Waals surface area contributed by atoms with Gasteiger partial charge in [-0.3, -0.25) is 9.48 Å². The molecule has 1 saturated heterocycles. The number of piperazine rings is 1. The van der Waals surface area contributed by atoms with Gasteiger partial charge in [-0.1, -0.05) is 30.3 Å². The minimum Gasteiger partial charge on any atom is -0.364 e. The van der Waals surface area contributed by atoms with Crippen LogP contribution in [0.15, 0.2) is 48.9 Å². The van der Waals surface area contributed by atoms with E-state index in [1.165, 1.54) is 6.33 Å². The number of carbonyl (C=O) groups is 1. The molecule has 0 aliphatic carbocycles. The van der Waals surface area contributed by atoms with Crippen LogP contribution in [0.2, 0.25) is 0 Å². The van der Waals surface area contributed by atoms with Crippen LogP contribution in [0, 0.1) is 0 Å². The van der Waals surface area contributed by atoms with Gasteiger partial charge in [0.2, 0.25) is 5.91 Å². The fourth-order valence-electron chi connectivity index (χ4n) is 3.21. The zero-order valence-electron chi connectivity index (χ0n) is 16.3. The molecule has 0 spiro atoms. The smallest absolute Gasteiger partial charge is 0.248 e. The number of carbonyl (C=O) groups excluding carboxylic acids is 1. The first-order valence-corrected chi connectivity index (χ1v) is 9.52. The number of aromatic nitrogens is 5. The summed E-state index contributed by atoms with van der Waals surface area (Å²) in [6.45, 7) is 3.03. The van der Waals surface area contributed by atoms with E-state index in [1.54, 1.807) is 17.9 Å². The predicted molar refractivity (Wildman–Crippen MR) is 107 cm³/mol. The molecule has 1 aliphatic rings. The number of amides is 1. The predicted octanol–water partition coefficient (Wildman–Crippen LogP) is 1.14. The van der Waals surface area contributed by atoms with Gasteiger partial charge in [-0.25, -0.2) is 15.0 Å². The summed E-state index contributed by atoms with van der Waals surface area (Å²) in [5.41, 5.74) is 0.989. The highest BCUT2D eigenvalue weighted by molar-refractivity contribution is 5.77. The molecule has 1 aliphatic heterocycles. The Morgan fingerprint density at radius 3 is 2.59 bits per heavy atom. The molecular weight excluding hydrogens is 370 g/mol. The Hall–Kier alpha value is -3.33. The van der Waals surface area contributed by atoms with Gasteiger partial charge >= 0.3 is 0 Å². The maximum Gasteiger partial charge on any atom is 0.248 e. The van der Waals surface area contributed by atoms with Crippen LogP contribution in [0.4, 0.5) is 5.82 Å². The summed E-state index contributed by atoms with van der Waals surface area (Å²) < 4.78 is 7.13. The Morgan fingerprint density at radius 1 is 1.07 bits per heavy atom. The van der Waals surface area contributed by atoms with Crippen molar-refractivity contribution in [3.05, 3.63) is 54.7 Å². The van der Waals surface area contributed by atoms with Gasteiger partial charge in [-0.2, -0.15) is 5.10 Å². The highest BCUT2D eigenvalue weighted by Crippen LogP contribution is 2.19. The SMILES string of the molecule is Cn1ncnc1COCC(=O)N1CCN(c2ccnc(-c3ccccc3)n2)CC1. The molecule has 0 atom stereocenters. The lowest BCUT2D eigenvalue weighted by Gasteiger charge is -2.35. The molecule has 9 nitrogen and oxygen atoms in total. The number of aryl methyl sites for hydroxylation is 1. The van der Waals surface area contributed by atoms with Crippen molar-refractivity contribution in [2.24, 2.45) is 7.05 Å². The monoisotopic (exact) mass is 393 g/mol. The van der Waals surface area contributed by atoms with Crippen molar-refractivity contribution in [2.45, 2.75) is 6.61 Å². The first-order chi connectivity index (χ1) is 14.2.